The fraction of sp³-hybridized carbons (Fsp3) is 0.400. The predicted octanol–water partition coefficient (Wildman–Crippen LogP) is 3.14. The highest BCUT2D eigenvalue weighted by Gasteiger charge is 2.22. The quantitative estimate of drug-likeness (QED) is 0.424. The van der Waals surface area contributed by atoms with Crippen LogP contribution in [0.3, 0.4) is 0 Å². The van der Waals surface area contributed by atoms with Crippen LogP contribution in [-0.2, 0) is 13.1 Å². The van der Waals surface area contributed by atoms with Gasteiger partial charge in [0.05, 0.1) is 6.54 Å². The normalized spacial score (nSPS) is 16.9. The molecule has 32 heavy (non-hydrogen) atoms. The first-order chi connectivity index (χ1) is 15.8. The van der Waals surface area contributed by atoms with Crippen LogP contribution in [0.1, 0.15) is 30.9 Å². The Kier molecular flexibility index (Phi) is 7.51. The van der Waals surface area contributed by atoms with Crippen LogP contribution >= 0.6 is 0 Å². The number of nitrogens with one attached hydrogen (secondary N) is 2. The van der Waals surface area contributed by atoms with Crippen molar-refractivity contribution in [2.24, 2.45) is 4.99 Å². The van der Waals surface area contributed by atoms with Gasteiger partial charge >= 0.3 is 0 Å². The van der Waals surface area contributed by atoms with Gasteiger partial charge in [0, 0.05) is 26.2 Å². The minimum atomic E-state index is 0.599. The van der Waals surface area contributed by atoms with Crippen molar-refractivity contribution in [3.8, 4) is 11.1 Å². The van der Waals surface area contributed by atoms with Crippen LogP contribution in [0, 0.1) is 0 Å². The molecular formula is C25H33N7. The summed E-state index contributed by atoms with van der Waals surface area (Å²) in [5.41, 5.74) is 4.89. The van der Waals surface area contributed by atoms with Crippen molar-refractivity contribution in [3.63, 3.8) is 0 Å². The summed E-state index contributed by atoms with van der Waals surface area (Å²) in [6.07, 6.45) is 5.85. The van der Waals surface area contributed by atoms with E-state index >= 15 is 0 Å². The summed E-state index contributed by atoms with van der Waals surface area (Å²) in [6, 6.07) is 17.8. The number of guanidine groups is 1. The molecule has 1 atom stereocenters. The number of hydrogen-bond donors (Lipinski definition) is 2. The molecule has 2 N–H and O–H groups in total. The second-order valence-corrected chi connectivity index (χ2v) is 8.18. The molecule has 0 spiro atoms. The maximum Gasteiger partial charge on any atom is 0.191 e. The van der Waals surface area contributed by atoms with Gasteiger partial charge in [-0.2, -0.15) is 5.10 Å². The molecule has 0 bridgehead atoms. The Morgan fingerprint density at radius 3 is 2.72 bits per heavy atom. The molecule has 1 aromatic heterocycles. The van der Waals surface area contributed by atoms with E-state index in [0.717, 1.165) is 32.1 Å². The predicted molar refractivity (Wildman–Crippen MR) is 129 cm³/mol. The standard InChI is InChI=1S/C25H33N7/c1-3-31-14-6-8-23(31)16-29-25(26-2)28-15-22-7-4-5-9-24(22)21-12-10-20(11-13-21)17-32-19-27-18-30-32/h4-5,7,9-13,18-19,23H,3,6,8,14-17H2,1-2H3,(H2,26,28,29). The van der Waals surface area contributed by atoms with Crippen molar-refractivity contribution in [1.82, 2.24) is 30.3 Å². The Bertz CT molecular complexity index is 995. The largest absolute Gasteiger partial charge is 0.355 e. The summed E-state index contributed by atoms with van der Waals surface area (Å²) < 4.78 is 1.83. The lowest BCUT2D eigenvalue weighted by molar-refractivity contribution is 0.267. The van der Waals surface area contributed by atoms with Crippen LogP contribution in [0.25, 0.3) is 11.1 Å². The lowest BCUT2D eigenvalue weighted by atomic mass is 9.98. The van der Waals surface area contributed by atoms with Gasteiger partial charge in [0.1, 0.15) is 12.7 Å². The second-order valence-electron chi connectivity index (χ2n) is 8.18. The average molecular weight is 432 g/mol. The Morgan fingerprint density at radius 2 is 1.97 bits per heavy atom. The molecule has 7 nitrogen and oxygen atoms in total. The van der Waals surface area contributed by atoms with Gasteiger partial charge < -0.3 is 10.6 Å². The van der Waals surface area contributed by atoms with E-state index in [4.69, 9.17) is 0 Å². The van der Waals surface area contributed by atoms with Crippen molar-refractivity contribution in [2.45, 2.75) is 38.9 Å². The van der Waals surface area contributed by atoms with E-state index in [1.54, 1.807) is 12.7 Å². The number of likely N-dealkylation sites (tertiary alicyclic amines) is 1. The zero-order chi connectivity index (χ0) is 22.2. The van der Waals surface area contributed by atoms with E-state index in [1.165, 1.54) is 41.6 Å². The van der Waals surface area contributed by atoms with E-state index < -0.39 is 0 Å². The molecule has 2 aromatic carbocycles. The van der Waals surface area contributed by atoms with Gasteiger partial charge in [0.15, 0.2) is 5.96 Å². The summed E-state index contributed by atoms with van der Waals surface area (Å²) in [5, 5.41) is 11.2. The third kappa shape index (κ3) is 5.53. The van der Waals surface area contributed by atoms with Gasteiger partial charge in [-0.15, -0.1) is 0 Å². The number of aromatic nitrogens is 3. The lowest BCUT2D eigenvalue weighted by Crippen LogP contribution is -2.44. The molecule has 1 aliphatic rings. The van der Waals surface area contributed by atoms with E-state index in [9.17, 15) is 0 Å². The minimum absolute atomic E-state index is 0.599. The molecule has 0 saturated carbocycles. The summed E-state index contributed by atoms with van der Waals surface area (Å²) in [4.78, 5) is 11.0. The number of likely N-dealkylation sites (N-methyl/N-ethyl adjacent to an activating group) is 1. The molecule has 2 heterocycles. The number of hydrogen-bond acceptors (Lipinski definition) is 4. The Labute approximate surface area is 190 Å². The molecule has 0 aliphatic carbocycles. The summed E-state index contributed by atoms with van der Waals surface area (Å²) >= 11 is 0. The Balaban J connectivity index is 1.37. The highest BCUT2D eigenvalue weighted by Crippen LogP contribution is 2.24. The lowest BCUT2D eigenvalue weighted by Gasteiger charge is -2.24. The zero-order valence-electron chi connectivity index (χ0n) is 19.0. The number of benzene rings is 2. The molecule has 1 fully saturated rings. The van der Waals surface area contributed by atoms with Crippen molar-refractivity contribution in [3.05, 3.63) is 72.3 Å². The van der Waals surface area contributed by atoms with E-state index in [-0.39, 0.29) is 0 Å². The number of nitrogens with zero attached hydrogens (tertiary/aromatic N) is 5. The van der Waals surface area contributed by atoms with Gasteiger partial charge in [-0.05, 0) is 48.2 Å². The third-order valence-electron chi connectivity index (χ3n) is 6.17. The summed E-state index contributed by atoms with van der Waals surface area (Å²) in [6.45, 7) is 6.94. The first kappa shape index (κ1) is 22.0. The van der Waals surface area contributed by atoms with E-state index in [0.29, 0.717) is 6.04 Å². The van der Waals surface area contributed by atoms with Crippen LogP contribution in [-0.4, -0.2) is 58.3 Å². The summed E-state index contributed by atoms with van der Waals surface area (Å²) in [5.74, 6) is 0.853. The molecule has 7 heteroatoms. The molecule has 3 aromatic rings. The highest BCUT2D eigenvalue weighted by atomic mass is 15.3. The maximum atomic E-state index is 4.43. The van der Waals surface area contributed by atoms with Crippen molar-refractivity contribution in [2.75, 3.05) is 26.7 Å². The molecule has 1 aliphatic heterocycles. The van der Waals surface area contributed by atoms with Gasteiger partial charge in [-0.1, -0.05) is 55.5 Å². The van der Waals surface area contributed by atoms with Crippen molar-refractivity contribution >= 4 is 5.96 Å². The SMILES string of the molecule is CCN1CCCC1CNC(=NC)NCc1ccccc1-c1ccc(Cn2cncn2)cc1. The first-order valence-electron chi connectivity index (χ1n) is 11.4. The minimum Gasteiger partial charge on any atom is -0.355 e. The molecule has 168 valence electrons. The number of rotatable bonds is 8. The van der Waals surface area contributed by atoms with Gasteiger partial charge in [-0.3, -0.25) is 9.89 Å². The number of aliphatic imine (C=N–C) groups is 1. The smallest absolute Gasteiger partial charge is 0.191 e. The molecule has 1 saturated heterocycles. The van der Waals surface area contributed by atoms with Gasteiger partial charge in [0.2, 0.25) is 0 Å². The molecule has 0 amide bonds. The molecular weight excluding hydrogens is 398 g/mol. The van der Waals surface area contributed by atoms with E-state index in [1.807, 2.05) is 11.7 Å². The van der Waals surface area contributed by atoms with Crippen LogP contribution in [0.5, 0.6) is 0 Å². The Morgan fingerprint density at radius 1 is 1.12 bits per heavy atom. The molecule has 4 rings (SSSR count). The van der Waals surface area contributed by atoms with Gasteiger partial charge in [-0.25, -0.2) is 9.67 Å². The fourth-order valence-corrected chi connectivity index (χ4v) is 4.40. The van der Waals surface area contributed by atoms with Crippen LogP contribution in [0.15, 0.2) is 66.2 Å². The highest BCUT2D eigenvalue weighted by molar-refractivity contribution is 5.80. The fourth-order valence-electron chi connectivity index (χ4n) is 4.40. The monoisotopic (exact) mass is 431 g/mol. The Hall–Kier alpha value is -3.19. The van der Waals surface area contributed by atoms with Gasteiger partial charge in [0.25, 0.3) is 0 Å². The average Bonchev–Trinajstić information content (AvgIpc) is 3.52. The maximum absolute atomic E-state index is 4.43. The van der Waals surface area contributed by atoms with Crippen LogP contribution < -0.4 is 10.6 Å². The van der Waals surface area contributed by atoms with Crippen LogP contribution in [0.4, 0.5) is 0 Å². The topological polar surface area (TPSA) is 70.4 Å². The molecule has 0 radical (unpaired) electrons. The van der Waals surface area contributed by atoms with Crippen LogP contribution in [0.2, 0.25) is 0 Å². The summed E-state index contributed by atoms with van der Waals surface area (Å²) in [7, 11) is 1.83. The van der Waals surface area contributed by atoms with Crippen molar-refractivity contribution < 1.29 is 0 Å². The van der Waals surface area contributed by atoms with E-state index in [2.05, 4.69) is 86.1 Å². The molecule has 1 unspecified atom stereocenters. The zero-order valence-corrected chi connectivity index (χ0v) is 19.0. The third-order valence-corrected chi connectivity index (χ3v) is 6.17. The first-order valence-corrected chi connectivity index (χ1v) is 11.4. The second kappa shape index (κ2) is 10.9. The van der Waals surface area contributed by atoms with Crippen molar-refractivity contribution in [1.29, 1.82) is 0 Å².